The van der Waals surface area contributed by atoms with E-state index in [0.29, 0.717) is 22.1 Å². The zero-order chi connectivity index (χ0) is 22.0. The Morgan fingerprint density at radius 3 is 2.32 bits per heavy atom. The van der Waals surface area contributed by atoms with Crippen LogP contribution in [0.25, 0.3) is 11.8 Å². The Morgan fingerprint density at radius 1 is 0.935 bits per heavy atom. The topological polar surface area (TPSA) is 38.8 Å². The fourth-order valence-electron chi connectivity index (χ4n) is 3.44. The van der Waals surface area contributed by atoms with Gasteiger partial charge in [-0.3, -0.25) is 9.69 Å². The second kappa shape index (κ2) is 9.00. The molecule has 0 fully saturated rings. The molecule has 0 bridgehead atoms. The van der Waals surface area contributed by atoms with E-state index in [-0.39, 0.29) is 5.91 Å². The Kier molecular flexibility index (Phi) is 6.16. The van der Waals surface area contributed by atoms with E-state index < -0.39 is 0 Å². The summed E-state index contributed by atoms with van der Waals surface area (Å²) in [5.74, 6) is 1.12. The molecule has 3 aromatic carbocycles. The Balaban J connectivity index is 1.82. The summed E-state index contributed by atoms with van der Waals surface area (Å²) in [7, 11) is 3.18. The number of hydrogen-bond donors (Lipinski definition) is 0. The first-order valence-electron chi connectivity index (χ1n) is 9.52. The summed E-state index contributed by atoms with van der Waals surface area (Å²) >= 11 is 9.65. The van der Waals surface area contributed by atoms with Gasteiger partial charge in [-0.25, -0.2) is 0 Å². The Bertz CT molecular complexity index is 1200. The molecule has 0 saturated carbocycles. The highest BCUT2D eigenvalue weighted by Crippen LogP contribution is 2.39. The van der Waals surface area contributed by atoms with Crippen LogP contribution in [-0.2, 0) is 4.79 Å². The monoisotopic (exact) mass is 495 g/mol. The molecular formula is C25H19BrClNO3. The fraction of sp³-hybridized carbons (Fsp3) is 0.0800. The van der Waals surface area contributed by atoms with E-state index in [9.17, 15) is 4.79 Å². The van der Waals surface area contributed by atoms with Crippen LogP contribution in [0.15, 0.2) is 82.9 Å². The van der Waals surface area contributed by atoms with E-state index >= 15 is 0 Å². The molecule has 1 aliphatic rings. The van der Waals surface area contributed by atoms with Gasteiger partial charge in [-0.15, -0.1) is 0 Å². The van der Waals surface area contributed by atoms with E-state index in [1.807, 2.05) is 78.9 Å². The van der Waals surface area contributed by atoms with Gasteiger partial charge in [0.05, 0.1) is 25.6 Å². The van der Waals surface area contributed by atoms with Gasteiger partial charge < -0.3 is 9.47 Å². The summed E-state index contributed by atoms with van der Waals surface area (Å²) in [6.07, 6.45) is 3.73. The minimum Gasteiger partial charge on any atom is -0.493 e. The lowest BCUT2D eigenvalue weighted by atomic mass is 10.1. The third-order valence-corrected chi connectivity index (χ3v) is 5.87. The molecule has 4 rings (SSSR count). The van der Waals surface area contributed by atoms with Gasteiger partial charge in [0.15, 0.2) is 11.5 Å². The summed E-state index contributed by atoms with van der Waals surface area (Å²) < 4.78 is 11.5. The molecule has 0 atom stereocenters. The number of halogens is 2. The zero-order valence-electron chi connectivity index (χ0n) is 16.9. The van der Waals surface area contributed by atoms with Crippen molar-refractivity contribution in [3.63, 3.8) is 0 Å². The van der Waals surface area contributed by atoms with Crippen LogP contribution in [0.3, 0.4) is 0 Å². The van der Waals surface area contributed by atoms with Crippen molar-refractivity contribution in [1.29, 1.82) is 0 Å². The Labute approximate surface area is 194 Å². The van der Waals surface area contributed by atoms with E-state index in [4.69, 9.17) is 21.1 Å². The number of methoxy groups -OCH3 is 2. The molecule has 156 valence electrons. The van der Waals surface area contributed by atoms with Crippen molar-refractivity contribution in [3.8, 4) is 11.5 Å². The van der Waals surface area contributed by atoms with Crippen molar-refractivity contribution < 1.29 is 14.3 Å². The van der Waals surface area contributed by atoms with E-state index in [2.05, 4.69) is 15.9 Å². The van der Waals surface area contributed by atoms with Gasteiger partial charge in [0.25, 0.3) is 5.91 Å². The first kappa shape index (κ1) is 21.2. The minimum absolute atomic E-state index is 0.119. The van der Waals surface area contributed by atoms with Crippen molar-refractivity contribution >= 4 is 50.9 Å². The molecule has 0 N–H and O–H groups in total. The molecule has 0 aromatic heterocycles. The Morgan fingerprint density at radius 2 is 1.65 bits per heavy atom. The number of carbonyl (C=O) groups is 1. The van der Waals surface area contributed by atoms with Gasteiger partial charge in [-0.2, -0.15) is 0 Å². The molecule has 6 heteroatoms. The molecule has 1 aliphatic heterocycles. The van der Waals surface area contributed by atoms with Crippen LogP contribution in [0, 0.1) is 0 Å². The molecule has 0 unspecified atom stereocenters. The normalized spacial score (nSPS) is 14.7. The standard InChI is InChI=1S/C25H19BrClNO3/c1-30-23-12-7-16(14-24(23)31-2)13-18-15-22(17-8-10-19(27)11-9-17)28(25(18)29)21-6-4-3-5-20(21)26/h3-15H,1-2H3/b18-13+. The molecule has 0 saturated heterocycles. The number of para-hydroxylation sites is 1. The van der Waals surface area contributed by atoms with E-state index in [1.54, 1.807) is 19.1 Å². The number of ether oxygens (including phenoxy) is 2. The quantitative estimate of drug-likeness (QED) is 0.374. The zero-order valence-corrected chi connectivity index (χ0v) is 19.3. The molecule has 3 aromatic rings. The number of benzene rings is 3. The maximum absolute atomic E-state index is 13.5. The molecule has 0 radical (unpaired) electrons. The van der Waals surface area contributed by atoms with Crippen molar-refractivity contribution in [1.82, 2.24) is 0 Å². The average Bonchev–Trinajstić information content (AvgIpc) is 3.10. The van der Waals surface area contributed by atoms with Gasteiger partial charge in [-0.05, 0) is 75.6 Å². The van der Waals surface area contributed by atoms with Crippen LogP contribution in [0.4, 0.5) is 5.69 Å². The van der Waals surface area contributed by atoms with Gasteiger partial charge in [0.1, 0.15) is 0 Å². The summed E-state index contributed by atoms with van der Waals surface area (Å²) in [5, 5.41) is 0.641. The van der Waals surface area contributed by atoms with Crippen LogP contribution in [0.5, 0.6) is 11.5 Å². The third-order valence-electron chi connectivity index (χ3n) is 4.95. The van der Waals surface area contributed by atoms with Crippen molar-refractivity contribution in [3.05, 3.63) is 99.0 Å². The number of carbonyl (C=O) groups excluding carboxylic acids is 1. The smallest absolute Gasteiger partial charge is 0.262 e. The van der Waals surface area contributed by atoms with E-state index in [0.717, 1.165) is 27.0 Å². The van der Waals surface area contributed by atoms with Gasteiger partial charge >= 0.3 is 0 Å². The van der Waals surface area contributed by atoms with Crippen LogP contribution in [0.1, 0.15) is 11.1 Å². The molecule has 31 heavy (non-hydrogen) atoms. The highest BCUT2D eigenvalue weighted by Gasteiger charge is 2.31. The van der Waals surface area contributed by atoms with Crippen molar-refractivity contribution in [2.45, 2.75) is 0 Å². The van der Waals surface area contributed by atoms with Crippen LogP contribution >= 0.6 is 27.5 Å². The van der Waals surface area contributed by atoms with Gasteiger partial charge in [0.2, 0.25) is 0 Å². The second-order valence-corrected chi connectivity index (χ2v) is 8.13. The SMILES string of the molecule is COc1ccc(/C=C2\C=C(c3ccc(Cl)cc3)N(c3ccccc3Br)C2=O)cc1OC. The molecule has 0 aliphatic carbocycles. The lowest BCUT2D eigenvalue weighted by Crippen LogP contribution is -2.25. The summed E-state index contributed by atoms with van der Waals surface area (Å²) in [4.78, 5) is 15.2. The predicted molar refractivity (Wildman–Crippen MR) is 129 cm³/mol. The predicted octanol–water partition coefficient (Wildman–Crippen LogP) is 6.59. The molecule has 1 amide bonds. The number of hydrogen-bond acceptors (Lipinski definition) is 3. The van der Waals surface area contributed by atoms with Crippen LogP contribution in [-0.4, -0.2) is 20.1 Å². The number of anilines is 1. The van der Waals surface area contributed by atoms with Gasteiger partial charge in [-0.1, -0.05) is 41.9 Å². The van der Waals surface area contributed by atoms with Crippen molar-refractivity contribution in [2.24, 2.45) is 0 Å². The second-order valence-electron chi connectivity index (χ2n) is 6.84. The maximum Gasteiger partial charge on any atom is 0.262 e. The van der Waals surface area contributed by atoms with Crippen molar-refractivity contribution in [2.75, 3.05) is 19.1 Å². The first-order valence-corrected chi connectivity index (χ1v) is 10.7. The molecule has 1 heterocycles. The molecular weight excluding hydrogens is 478 g/mol. The summed E-state index contributed by atoms with van der Waals surface area (Å²) in [6, 6.07) is 20.6. The highest BCUT2D eigenvalue weighted by atomic mass is 79.9. The summed E-state index contributed by atoms with van der Waals surface area (Å²) in [6.45, 7) is 0. The largest absolute Gasteiger partial charge is 0.493 e. The third kappa shape index (κ3) is 4.24. The van der Waals surface area contributed by atoms with Crippen LogP contribution < -0.4 is 14.4 Å². The van der Waals surface area contributed by atoms with E-state index in [1.165, 1.54) is 0 Å². The minimum atomic E-state index is -0.119. The number of nitrogens with zero attached hydrogens (tertiary/aromatic N) is 1. The Hall–Kier alpha value is -3.02. The van der Waals surface area contributed by atoms with Crippen LogP contribution in [0.2, 0.25) is 5.02 Å². The lowest BCUT2D eigenvalue weighted by Gasteiger charge is -2.22. The summed E-state index contributed by atoms with van der Waals surface area (Å²) in [5.41, 5.74) is 3.84. The lowest BCUT2D eigenvalue weighted by molar-refractivity contribution is -0.113. The fourth-order valence-corrected chi connectivity index (χ4v) is 4.03. The maximum atomic E-state index is 13.5. The molecule has 4 nitrogen and oxygen atoms in total. The number of rotatable bonds is 5. The highest BCUT2D eigenvalue weighted by molar-refractivity contribution is 9.10. The molecule has 0 spiro atoms. The first-order chi connectivity index (χ1) is 15.0. The average molecular weight is 497 g/mol. The van der Waals surface area contributed by atoms with Gasteiger partial charge in [0, 0.05) is 15.1 Å². The number of amides is 1.